The van der Waals surface area contributed by atoms with Crippen LogP contribution in [0.4, 0.5) is 0 Å². The van der Waals surface area contributed by atoms with Gasteiger partial charge < -0.3 is 10.9 Å². The number of oxime groups is 1. The average molecular weight is 256 g/mol. The maximum Gasteiger partial charge on any atom is 0.140 e. The molecular formula is C13H28N4O. The molecule has 5 nitrogen and oxygen atoms in total. The zero-order valence-electron chi connectivity index (χ0n) is 12.2. The molecule has 0 aromatic heterocycles. The van der Waals surface area contributed by atoms with Gasteiger partial charge in [0.25, 0.3) is 0 Å². The zero-order chi connectivity index (χ0) is 13.8. The molecule has 1 rings (SSSR count). The molecule has 0 spiro atoms. The summed E-state index contributed by atoms with van der Waals surface area (Å²) in [5.41, 5.74) is 5.86. The quantitative estimate of drug-likeness (QED) is 0.344. The molecule has 1 aliphatic heterocycles. The van der Waals surface area contributed by atoms with Crippen LogP contribution < -0.4 is 5.73 Å². The molecular weight excluding hydrogens is 228 g/mol. The van der Waals surface area contributed by atoms with Crippen molar-refractivity contribution < 1.29 is 5.21 Å². The van der Waals surface area contributed by atoms with E-state index in [4.69, 9.17) is 10.9 Å². The topological polar surface area (TPSA) is 65.1 Å². The van der Waals surface area contributed by atoms with E-state index < -0.39 is 0 Å². The van der Waals surface area contributed by atoms with Gasteiger partial charge in [-0.2, -0.15) is 0 Å². The summed E-state index contributed by atoms with van der Waals surface area (Å²) in [6.45, 7) is 13.3. The zero-order valence-corrected chi connectivity index (χ0v) is 12.2. The Morgan fingerprint density at radius 1 is 1.28 bits per heavy atom. The summed E-state index contributed by atoms with van der Waals surface area (Å²) in [5.74, 6) is 0.333. The lowest BCUT2D eigenvalue weighted by Gasteiger charge is -2.44. The molecule has 3 N–H and O–H groups in total. The molecule has 1 atom stereocenters. The Labute approximate surface area is 111 Å². The maximum atomic E-state index is 8.66. The van der Waals surface area contributed by atoms with Crippen molar-refractivity contribution in [1.29, 1.82) is 0 Å². The molecule has 106 valence electrons. The molecule has 1 aliphatic rings. The summed E-state index contributed by atoms with van der Waals surface area (Å²) in [6, 6.07) is 0.392. The highest BCUT2D eigenvalue weighted by Crippen LogP contribution is 2.18. The number of hydrogen-bond donors (Lipinski definition) is 2. The lowest BCUT2D eigenvalue weighted by atomic mass is 10.0. The molecule has 1 heterocycles. The Morgan fingerprint density at radius 3 is 2.22 bits per heavy atom. The summed E-state index contributed by atoms with van der Waals surface area (Å²) in [6.07, 6.45) is 1.69. The minimum Gasteiger partial charge on any atom is -0.409 e. The predicted molar refractivity (Wildman–Crippen MR) is 75.0 cm³/mol. The summed E-state index contributed by atoms with van der Waals surface area (Å²) < 4.78 is 0. The van der Waals surface area contributed by atoms with E-state index in [0.717, 1.165) is 32.6 Å². The van der Waals surface area contributed by atoms with E-state index in [9.17, 15) is 0 Å². The second kappa shape index (κ2) is 6.38. The highest BCUT2D eigenvalue weighted by Gasteiger charge is 2.28. The van der Waals surface area contributed by atoms with Gasteiger partial charge in [-0.1, -0.05) is 12.1 Å². The van der Waals surface area contributed by atoms with Crippen LogP contribution in [0.15, 0.2) is 5.16 Å². The molecule has 5 heteroatoms. The second-order valence-corrected chi connectivity index (χ2v) is 6.05. The molecule has 1 unspecified atom stereocenters. The Morgan fingerprint density at radius 2 is 1.83 bits per heavy atom. The molecule has 0 aromatic carbocycles. The highest BCUT2D eigenvalue weighted by atomic mass is 16.4. The largest absolute Gasteiger partial charge is 0.409 e. The molecule has 0 saturated carbocycles. The smallest absolute Gasteiger partial charge is 0.140 e. The summed E-state index contributed by atoms with van der Waals surface area (Å²) in [4.78, 5) is 4.97. The first-order chi connectivity index (χ1) is 8.38. The van der Waals surface area contributed by atoms with E-state index in [0.29, 0.717) is 18.3 Å². The van der Waals surface area contributed by atoms with Crippen LogP contribution in [0.1, 0.15) is 40.5 Å². The Hall–Kier alpha value is -0.810. The van der Waals surface area contributed by atoms with E-state index in [2.05, 4.69) is 42.7 Å². The maximum absolute atomic E-state index is 8.66. The van der Waals surface area contributed by atoms with Crippen LogP contribution in [-0.4, -0.2) is 58.6 Å². The Kier molecular flexibility index (Phi) is 5.41. The van der Waals surface area contributed by atoms with Crippen LogP contribution >= 0.6 is 0 Å². The van der Waals surface area contributed by atoms with E-state index >= 15 is 0 Å². The fraction of sp³-hybridized carbons (Fsp3) is 0.923. The first kappa shape index (κ1) is 15.2. The van der Waals surface area contributed by atoms with Crippen molar-refractivity contribution in [1.82, 2.24) is 9.80 Å². The van der Waals surface area contributed by atoms with Crippen LogP contribution in [-0.2, 0) is 0 Å². The third kappa shape index (κ3) is 4.14. The molecule has 1 fully saturated rings. The van der Waals surface area contributed by atoms with E-state index in [1.807, 2.05) is 0 Å². The normalized spacial score (nSPS) is 22.1. The monoisotopic (exact) mass is 256 g/mol. The molecule has 0 amide bonds. The van der Waals surface area contributed by atoms with E-state index in [1.54, 1.807) is 0 Å². The van der Waals surface area contributed by atoms with Gasteiger partial charge in [-0.05, 0) is 27.2 Å². The predicted octanol–water partition coefficient (Wildman–Crippen LogP) is 1.32. The minimum atomic E-state index is 0.249. The molecule has 0 bridgehead atoms. The number of piperazine rings is 1. The van der Waals surface area contributed by atoms with Crippen LogP contribution in [0.3, 0.4) is 0 Å². The SMILES string of the molecule is CCC(CC(N)=NO)N1CCN(C(C)(C)C)CC1. The minimum absolute atomic E-state index is 0.249. The molecule has 0 radical (unpaired) electrons. The van der Waals surface area contributed by atoms with Gasteiger partial charge in [0.1, 0.15) is 5.84 Å². The van der Waals surface area contributed by atoms with Gasteiger partial charge in [-0.15, -0.1) is 0 Å². The van der Waals surface area contributed by atoms with Gasteiger partial charge in [0.2, 0.25) is 0 Å². The lowest BCUT2D eigenvalue weighted by Crippen LogP contribution is -2.55. The van der Waals surface area contributed by atoms with Gasteiger partial charge in [-0.25, -0.2) is 0 Å². The third-order valence-corrected chi connectivity index (χ3v) is 3.82. The van der Waals surface area contributed by atoms with Crippen LogP contribution in [0.5, 0.6) is 0 Å². The van der Waals surface area contributed by atoms with Gasteiger partial charge in [-0.3, -0.25) is 9.80 Å². The fourth-order valence-corrected chi connectivity index (χ4v) is 2.57. The van der Waals surface area contributed by atoms with Gasteiger partial charge in [0.15, 0.2) is 0 Å². The van der Waals surface area contributed by atoms with Crippen molar-refractivity contribution in [2.75, 3.05) is 26.2 Å². The van der Waals surface area contributed by atoms with Gasteiger partial charge in [0, 0.05) is 44.2 Å². The number of rotatable bonds is 4. The van der Waals surface area contributed by atoms with Crippen molar-refractivity contribution in [3.63, 3.8) is 0 Å². The molecule has 1 saturated heterocycles. The molecule has 18 heavy (non-hydrogen) atoms. The van der Waals surface area contributed by atoms with E-state index in [1.165, 1.54) is 0 Å². The van der Waals surface area contributed by atoms with Crippen LogP contribution in [0, 0.1) is 0 Å². The number of amidine groups is 1. The van der Waals surface area contributed by atoms with Crippen molar-refractivity contribution in [3.8, 4) is 0 Å². The average Bonchev–Trinajstić information content (AvgIpc) is 2.34. The van der Waals surface area contributed by atoms with Gasteiger partial charge >= 0.3 is 0 Å². The Bertz CT molecular complexity index is 277. The summed E-state index contributed by atoms with van der Waals surface area (Å²) >= 11 is 0. The first-order valence-corrected chi connectivity index (χ1v) is 6.84. The second-order valence-electron chi connectivity index (χ2n) is 6.05. The first-order valence-electron chi connectivity index (χ1n) is 6.84. The molecule has 0 aliphatic carbocycles. The summed E-state index contributed by atoms with van der Waals surface area (Å²) in [5, 5.41) is 11.7. The fourth-order valence-electron chi connectivity index (χ4n) is 2.57. The number of hydrogen-bond acceptors (Lipinski definition) is 4. The van der Waals surface area contributed by atoms with Crippen molar-refractivity contribution >= 4 is 5.84 Å². The lowest BCUT2D eigenvalue weighted by molar-refractivity contribution is 0.0423. The summed E-state index contributed by atoms with van der Waals surface area (Å²) in [7, 11) is 0. The van der Waals surface area contributed by atoms with Crippen molar-refractivity contribution in [3.05, 3.63) is 0 Å². The standard InChI is InChI=1S/C13H28N4O/c1-5-11(10-12(14)15-18)16-6-8-17(9-7-16)13(2,3)4/h11,18H,5-10H2,1-4H3,(H2,14,15). The van der Waals surface area contributed by atoms with Crippen molar-refractivity contribution in [2.45, 2.75) is 52.1 Å². The number of nitrogens with two attached hydrogens (primary N) is 1. The third-order valence-electron chi connectivity index (χ3n) is 3.82. The highest BCUT2D eigenvalue weighted by molar-refractivity contribution is 5.80. The van der Waals surface area contributed by atoms with E-state index in [-0.39, 0.29) is 5.54 Å². The van der Waals surface area contributed by atoms with Crippen molar-refractivity contribution in [2.24, 2.45) is 10.9 Å². The molecule has 0 aromatic rings. The van der Waals surface area contributed by atoms with Crippen LogP contribution in [0.2, 0.25) is 0 Å². The number of nitrogens with zero attached hydrogens (tertiary/aromatic N) is 3. The van der Waals surface area contributed by atoms with Gasteiger partial charge in [0.05, 0.1) is 0 Å². The van der Waals surface area contributed by atoms with Crippen LogP contribution in [0.25, 0.3) is 0 Å². The Balaban J connectivity index is 2.50.